The van der Waals surface area contributed by atoms with Crippen molar-refractivity contribution in [3.05, 3.63) is 51.7 Å². The first-order valence-corrected chi connectivity index (χ1v) is 10.0. The Balaban J connectivity index is 1.81. The van der Waals surface area contributed by atoms with Crippen LogP contribution in [-0.2, 0) is 9.54 Å². The summed E-state index contributed by atoms with van der Waals surface area (Å²) in [6.07, 6.45) is 3.37. The van der Waals surface area contributed by atoms with Gasteiger partial charge < -0.3 is 9.84 Å². The average molecular weight is 373 g/mol. The summed E-state index contributed by atoms with van der Waals surface area (Å²) in [7, 11) is 1.64. The predicted octanol–water partition coefficient (Wildman–Crippen LogP) is 4.74. The first-order chi connectivity index (χ1) is 12.1. The minimum Gasteiger partial charge on any atom is -0.497 e. The number of benzene rings is 1. The topological polar surface area (TPSA) is 46.5 Å². The van der Waals surface area contributed by atoms with Gasteiger partial charge in [0.25, 0.3) is 0 Å². The third kappa shape index (κ3) is 4.39. The predicted molar refractivity (Wildman–Crippen MR) is 104 cm³/mol. The van der Waals surface area contributed by atoms with E-state index in [9.17, 15) is 9.90 Å². The molecule has 1 N–H and O–H groups in total. The first-order valence-electron chi connectivity index (χ1n) is 8.23. The molecule has 5 heteroatoms. The Morgan fingerprint density at radius 1 is 1.20 bits per heavy atom. The van der Waals surface area contributed by atoms with Crippen LogP contribution in [0.25, 0.3) is 0 Å². The van der Waals surface area contributed by atoms with Crippen molar-refractivity contribution in [2.45, 2.75) is 30.4 Å². The van der Waals surface area contributed by atoms with Crippen LogP contribution < -0.4 is 4.74 Å². The Hall–Kier alpha value is -1.90. The van der Waals surface area contributed by atoms with Gasteiger partial charge >= 0.3 is 5.97 Å². The fourth-order valence-corrected chi connectivity index (χ4v) is 5.71. The van der Waals surface area contributed by atoms with Crippen LogP contribution in [0.15, 0.2) is 36.4 Å². The highest BCUT2D eigenvalue weighted by Gasteiger charge is 2.38. The van der Waals surface area contributed by atoms with Crippen molar-refractivity contribution >= 4 is 29.1 Å². The van der Waals surface area contributed by atoms with Gasteiger partial charge in [-0.25, -0.2) is 0 Å². The summed E-state index contributed by atoms with van der Waals surface area (Å²) in [5, 5.41) is 9.35. The van der Waals surface area contributed by atoms with E-state index in [0.29, 0.717) is 0 Å². The summed E-state index contributed by atoms with van der Waals surface area (Å²) in [6.45, 7) is 0. The molecule has 0 unspecified atom stereocenters. The zero-order valence-electron chi connectivity index (χ0n) is 14.1. The maximum atomic E-state index is 11.4. The van der Waals surface area contributed by atoms with E-state index in [1.807, 2.05) is 30.3 Å². The molecule has 1 saturated heterocycles. The van der Waals surface area contributed by atoms with Crippen molar-refractivity contribution in [2.75, 3.05) is 12.9 Å². The van der Waals surface area contributed by atoms with E-state index in [1.54, 1.807) is 30.2 Å². The number of hydrogen-bond donors (Lipinski definition) is 1. The van der Waals surface area contributed by atoms with Crippen molar-refractivity contribution < 1.29 is 14.6 Å². The molecule has 25 heavy (non-hydrogen) atoms. The number of thioether (sulfide) groups is 1. The number of methoxy groups -OCH3 is 1. The van der Waals surface area contributed by atoms with Crippen molar-refractivity contribution in [3.8, 4) is 17.6 Å². The van der Waals surface area contributed by atoms with Crippen LogP contribution in [-0.4, -0.2) is 23.9 Å². The molecule has 0 aliphatic carbocycles. The van der Waals surface area contributed by atoms with Crippen molar-refractivity contribution in [1.29, 1.82) is 0 Å². The zero-order valence-corrected chi connectivity index (χ0v) is 15.7. The fraction of sp³-hybridized carbons (Fsp3) is 0.350. The smallest absolute Gasteiger partial charge is 0.305 e. The minimum atomic E-state index is -0.728. The van der Waals surface area contributed by atoms with Gasteiger partial charge in [0, 0.05) is 10.4 Å². The molecular formula is C20H20O3S2. The second kappa shape index (κ2) is 7.99. The lowest BCUT2D eigenvalue weighted by molar-refractivity contribution is -0.137. The van der Waals surface area contributed by atoms with Crippen LogP contribution in [0.5, 0.6) is 5.75 Å². The molecule has 1 aliphatic rings. The third-order valence-corrected chi connectivity index (χ3v) is 7.21. The molecule has 0 radical (unpaired) electrons. The number of carbonyl (C=O) groups is 1. The molecule has 1 aliphatic heterocycles. The fourth-order valence-electron chi connectivity index (χ4n) is 2.98. The first kappa shape index (κ1) is 17.9. The van der Waals surface area contributed by atoms with Gasteiger partial charge in [0.1, 0.15) is 5.75 Å². The second-order valence-electron chi connectivity index (χ2n) is 6.01. The Morgan fingerprint density at radius 2 is 2.00 bits per heavy atom. The minimum absolute atomic E-state index is 0.184. The Bertz CT molecular complexity index is 790. The Kier molecular flexibility index (Phi) is 5.72. The van der Waals surface area contributed by atoms with Gasteiger partial charge in [-0.1, -0.05) is 18.3 Å². The zero-order chi connectivity index (χ0) is 17.7. The van der Waals surface area contributed by atoms with E-state index in [2.05, 4.69) is 17.9 Å². The van der Waals surface area contributed by atoms with Crippen LogP contribution in [0, 0.1) is 11.8 Å². The summed E-state index contributed by atoms with van der Waals surface area (Å²) in [4.78, 5) is 13.5. The molecular weight excluding hydrogens is 352 g/mol. The quantitative estimate of drug-likeness (QED) is 0.787. The summed E-state index contributed by atoms with van der Waals surface area (Å²) >= 11 is 3.42. The second-order valence-corrected chi connectivity index (χ2v) is 8.57. The van der Waals surface area contributed by atoms with Gasteiger partial charge in [-0.05, 0) is 55.0 Å². The van der Waals surface area contributed by atoms with Crippen LogP contribution in [0.2, 0.25) is 0 Å². The average Bonchev–Trinajstić information content (AvgIpc) is 3.10. The van der Waals surface area contributed by atoms with Crippen LogP contribution in [0.1, 0.15) is 41.0 Å². The molecule has 130 valence electrons. The van der Waals surface area contributed by atoms with Crippen molar-refractivity contribution in [1.82, 2.24) is 0 Å². The van der Waals surface area contributed by atoms with E-state index in [0.717, 1.165) is 39.7 Å². The maximum Gasteiger partial charge on any atom is 0.305 e. The third-order valence-electron chi connectivity index (χ3n) is 4.27. The van der Waals surface area contributed by atoms with Gasteiger partial charge in [-0.15, -0.1) is 23.1 Å². The monoisotopic (exact) mass is 372 g/mol. The molecule has 1 aromatic heterocycles. The lowest BCUT2D eigenvalue weighted by Crippen LogP contribution is -2.28. The van der Waals surface area contributed by atoms with Crippen LogP contribution >= 0.6 is 23.1 Å². The number of carboxylic acid groups (broad SMARTS) is 1. The van der Waals surface area contributed by atoms with Gasteiger partial charge in [-0.3, -0.25) is 4.79 Å². The highest BCUT2D eigenvalue weighted by Crippen LogP contribution is 2.49. The molecule has 0 spiro atoms. The molecule has 0 amide bonds. The van der Waals surface area contributed by atoms with Gasteiger partial charge in [-0.2, -0.15) is 0 Å². The number of ether oxygens (including phenoxy) is 1. The highest BCUT2D eigenvalue weighted by molar-refractivity contribution is 8.00. The van der Waals surface area contributed by atoms with E-state index in [-0.39, 0.29) is 11.2 Å². The molecule has 0 saturated carbocycles. The summed E-state index contributed by atoms with van der Waals surface area (Å²) in [6, 6.07) is 11.7. The van der Waals surface area contributed by atoms with E-state index in [4.69, 9.17) is 4.74 Å². The van der Waals surface area contributed by atoms with E-state index < -0.39 is 5.97 Å². The highest BCUT2D eigenvalue weighted by atomic mass is 32.2. The molecule has 0 bridgehead atoms. The normalized spacial score (nSPS) is 19.7. The van der Waals surface area contributed by atoms with Gasteiger partial charge in [0.2, 0.25) is 0 Å². The SMILES string of the molecule is COc1ccc(C#Cc2ccc([C@@]3(CC(=O)O)CCCCS3)s2)cc1. The molecule has 2 heterocycles. The van der Waals surface area contributed by atoms with Crippen molar-refractivity contribution in [2.24, 2.45) is 0 Å². The summed E-state index contributed by atoms with van der Waals surface area (Å²) in [5.74, 6) is 7.47. The standard InChI is InChI=1S/C20H20O3S2/c1-23-16-7-4-15(5-8-16)6-9-17-10-11-18(25-17)20(14-19(21)22)12-2-3-13-24-20/h4-5,7-8,10-11H,2-3,12-14H2,1H3,(H,21,22)/t20-/m0/s1. The maximum absolute atomic E-state index is 11.4. The van der Waals surface area contributed by atoms with Gasteiger partial charge in [0.05, 0.1) is 23.2 Å². The van der Waals surface area contributed by atoms with Crippen LogP contribution in [0.3, 0.4) is 0 Å². The molecule has 2 aromatic rings. The lowest BCUT2D eigenvalue weighted by Gasteiger charge is -2.34. The number of thiophene rings is 1. The van der Waals surface area contributed by atoms with E-state index >= 15 is 0 Å². The Morgan fingerprint density at radius 3 is 2.64 bits per heavy atom. The molecule has 3 rings (SSSR count). The van der Waals surface area contributed by atoms with E-state index in [1.165, 1.54) is 6.42 Å². The molecule has 1 fully saturated rings. The number of hydrogen-bond acceptors (Lipinski definition) is 4. The Labute approximate surface area is 156 Å². The lowest BCUT2D eigenvalue weighted by atomic mass is 9.95. The van der Waals surface area contributed by atoms with Crippen LogP contribution in [0.4, 0.5) is 0 Å². The largest absolute Gasteiger partial charge is 0.497 e. The number of rotatable bonds is 4. The van der Waals surface area contributed by atoms with Crippen molar-refractivity contribution in [3.63, 3.8) is 0 Å². The molecule has 3 nitrogen and oxygen atoms in total. The summed E-state index contributed by atoms with van der Waals surface area (Å²) in [5.41, 5.74) is 0.933. The molecule has 1 aromatic carbocycles. The summed E-state index contributed by atoms with van der Waals surface area (Å²) < 4.78 is 4.87. The number of carboxylic acids is 1. The number of aliphatic carboxylic acids is 1. The van der Waals surface area contributed by atoms with Gasteiger partial charge in [0.15, 0.2) is 0 Å². The molecule has 1 atom stereocenters.